The summed E-state index contributed by atoms with van der Waals surface area (Å²) in [6, 6.07) is 25.0. The lowest BCUT2D eigenvalue weighted by Gasteiger charge is -2.11. The van der Waals surface area contributed by atoms with Gasteiger partial charge in [-0.3, -0.25) is 5.26 Å². The summed E-state index contributed by atoms with van der Waals surface area (Å²) in [7, 11) is 0. The molecular weight excluding hydrogens is 284 g/mol. The molecule has 1 unspecified atom stereocenters. The Morgan fingerprint density at radius 2 is 1.35 bits per heavy atom. The third-order valence-corrected chi connectivity index (χ3v) is 4.85. The molecule has 0 amide bonds. The molecule has 0 radical (unpaired) electrons. The molecule has 0 saturated carbocycles. The number of benzene rings is 4. The van der Waals surface area contributed by atoms with E-state index in [0.29, 0.717) is 0 Å². The van der Waals surface area contributed by atoms with Gasteiger partial charge in [0, 0.05) is 5.56 Å². The Kier molecular flexibility index (Phi) is 2.60. The molecule has 0 fully saturated rings. The largest absolute Gasteiger partial charge is 0.251 e. The second-order valence-electron chi connectivity index (χ2n) is 5.98. The second-order valence-corrected chi connectivity index (χ2v) is 5.98. The van der Waals surface area contributed by atoms with Crippen molar-refractivity contribution in [1.29, 1.82) is 0 Å². The van der Waals surface area contributed by atoms with Crippen LogP contribution in [0.3, 0.4) is 0 Å². The smallest absolute Gasteiger partial charge is 0.145 e. The van der Waals surface area contributed by atoms with E-state index in [1.54, 1.807) is 0 Å². The van der Waals surface area contributed by atoms with Crippen LogP contribution in [0.15, 0.2) is 72.8 Å². The fourth-order valence-corrected chi connectivity index (χ4v) is 3.87. The van der Waals surface area contributed by atoms with E-state index in [0.717, 1.165) is 27.5 Å². The van der Waals surface area contributed by atoms with E-state index in [1.807, 2.05) is 18.2 Å². The standard InChI is InChI=1S/C21H14O2/c22-23-21-18-12-10-13-5-1-3-7-15(13)19(18)17-11-9-14-6-2-4-8-16(14)20(17)21/h1-12,21-22H. The molecule has 5 rings (SSSR count). The molecule has 1 aliphatic carbocycles. The van der Waals surface area contributed by atoms with E-state index in [-0.39, 0.29) is 0 Å². The predicted molar refractivity (Wildman–Crippen MR) is 92.4 cm³/mol. The SMILES string of the molecule is OOC1c2ccc3ccccc3c2-c2ccc3ccccc3c21. The molecule has 0 bridgehead atoms. The number of fused-ring (bicyclic) bond motifs is 7. The molecule has 4 aromatic rings. The third-order valence-electron chi connectivity index (χ3n) is 4.85. The van der Waals surface area contributed by atoms with Gasteiger partial charge in [-0.15, -0.1) is 0 Å². The summed E-state index contributed by atoms with van der Waals surface area (Å²) in [5.74, 6) is 0. The highest BCUT2D eigenvalue weighted by molar-refractivity contribution is 6.05. The van der Waals surface area contributed by atoms with Crippen molar-refractivity contribution in [3.63, 3.8) is 0 Å². The Labute approximate surface area is 133 Å². The van der Waals surface area contributed by atoms with Gasteiger partial charge in [0.15, 0.2) is 0 Å². The lowest BCUT2D eigenvalue weighted by molar-refractivity contribution is -0.269. The van der Waals surface area contributed by atoms with Crippen molar-refractivity contribution in [3.05, 3.63) is 83.9 Å². The molecule has 0 aromatic heterocycles. The van der Waals surface area contributed by atoms with Crippen LogP contribution in [0.2, 0.25) is 0 Å². The zero-order valence-electron chi connectivity index (χ0n) is 12.4. The molecule has 1 aliphatic rings. The highest BCUT2D eigenvalue weighted by Gasteiger charge is 2.32. The monoisotopic (exact) mass is 298 g/mol. The van der Waals surface area contributed by atoms with Gasteiger partial charge in [-0.1, -0.05) is 72.8 Å². The van der Waals surface area contributed by atoms with E-state index in [9.17, 15) is 5.26 Å². The first-order valence-electron chi connectivity index (χ1n) is 7.72. The number of rotatable bonds is 1. The highest BCUT2D eigenvalue weighted by atomic mass is 17.1. The fourth-order valence-electron chi connectivity index (χ4n) is 3.87. The Bertz CT molecular complexity index is 1070. The van der Waals surface area contributed by atoms with Crippen LogP contribution in [0.1, 0.15) is 17.2 Å². The number of hydrogen-bond acceptors (Lipinski definition) is 2. The van der Waals surface area contributed by atoms with Crippen LogP contribution in [-0.4, -0.2) is 5.26 Å². The van der Waals surface area contributed by atoms with Crippen molar-refractivity contribution < 1.29 is 10.1 Å². The van der Waals surface area contributed by atoms with Gasteiger partial charge in [-0.05, 0) is 38.2 Å². The van der Waals surface area contributed by atoms with Crippen molar-refractivity contribution in [3.8, 4) is 11.1 Å². The lowest BCUT2D eigenvalue weighted by atomic mass is 9.96. The maximum absolute atomic E-state index is 9.59. The Hall–Kier alpha value is -2.68. The molecule has 1 atom stereocenters. The van der Waals surface area contributed by atoms with E-state index in [2.05, 4.69) is 54.6 Å². The minimum atomic E-state index is -0.435. The Morgan fingerprint density at radius 3 is 2.13 bits per heavy atom. The maximum atomic E-state index is 9.59. The van der Waals surface area contributed by atoms with E-state index >= 15 is 0 Å². The van der Waals surface area contributed by atoms with E-state index < -0.39 is 6.10 Å². The molecule has 0 saturated heterocycles. The van der Waals surface area contributed by atoms with Gasteiger partial charge in [0.1, 0.15) is 6.10 Å². The topological polar surface area (TPSA) is 29.5 Å². The summed E-state index contributed by atoms with van der Waals surface area (Å²) < 4.78 is 0. The van der Waals surface area contributed by atoms with Gasteiger partial charge in [0.2, 0.25) is 0 Å². The molecule has 1 N–H and O–H groups in total. The predicted octanol–water partition coefficient (Wildman–Crippen LogP) is 5.55. The van der Waals surface area contributed by atoms with Gasteiger partial charge < -0.3 is 0 Å². The van der Waals surface area contributed by atoms with Gasteiger partial charge >= 0.3 is 0 Å². The van der Waals surface area contributed by atoms with Crippen LogP contribution in [-0.2, 0) is 4.89 Å². The first-order chi connectivity index (χ1) is 11.4. The number of hydrogen-bond donors (Lipinski definition) is 1. The molecule has 2 heteroatoms. The summed E-state index contributed by atoms with van der Waals surface area (Å²) >= 11 is 0. The van der Waals surface area contributed by atoms with Crippen molar-refractivity contribution in [2.75, 3.05) is 0 Å². The first-order valence-corrected chi connectivity index (χ1v) is 7.72. The molecule has 4 aromatic carbocycles. The quantitative estimate of drug-likeness (QED) is 0.368. The van der Waals surface area contributed by atoms with Crippen LogP contribution in [0.4, 0.5) is 0 Å². The summed E-state index contributed by atoms with van der Waals surface area (Å²) in [5.41, 5.74) is 4.40. The van der Waals surface area contributed by atoms with E-state index in [4.69, 9.17) is 4.89 Å². The fraction of sp³-hybridized carbons (Fsp3) is 0.0476. The highest BCUT2D eigenvalue weighted by Crippen LogP contribution is 2.50. The lowest BCUT2D eigenvalue weighted by Crippen LogP contribution is -2.00. The molecule has 23 heavy (non-hydrogen) atoms. The van der Waals surface area contributed by atoms with Crippen molar-refractivity contribution in [2.24, 2.45) is 0 Å². The summed E-state index contributed by atoms with van der Waals surface area (Å²) in [6.45, 7) is 0. The summed E-state index contributed by atoms with van der Waals surface area (Å²) in [4.78, 5) is 4.92. The molecular formula is C21H14O2. The minimum absolute atomic E-state index is 0.435. The van der Waals surface area contributed by atoms with Crippen LogP contribution in [0.5, 0.6) is 0 Å². The molecule has 2 nitrogen and oxygen atoms in total. The van der Waals surface area contributed by atoms with Crippen molar-refractivity contribution in [2.45, 2.75) is 6.10 Å². The van der Waals surface area contributed by atoms with Crippen LogP contribution < -0.4 is 0 Å². The van der Waals surface area contributed by atoms with Crippen LogP contribution in [0.25, 0.3) is 32.7 Å². The summed E-state index contributed by atoms with van der Waals surface area (Å²) in [5, 5.41) is 14.3. The Balaban J connectivity index is 1.96. The maximum Gasteiger partial charge on any atom is 0.145 e. The third kappa shape index (κ3) is 1.65. The molecule has 110 valence electrons. The van der Waals surface area contributed by atoms with Gasteiger partial charge in [0.05, 0.1) is 0 Å². The van der Waals surface area contributed by atoms with Crippen LogP contribution >= 0.6 is 0 Å². The normalized spacial score (nSPS) is 15.8. The van der Waals surface area contributed by atoms with Crippen molar-refractivity contribution in [1.82, 2.24) is 0 Å². The van der Waals surface area contributed by atoms with Gasteiger partial charge in [-0.2, -0.15) is 0 Å². The van der Waals surface area contributed by atoms with Crippen molar-refractivity contribution >= 4 is 21.5 Å². The van der Waals surface area contributed by atoms with Crippen LogP contribution in [0, 0.1) is 0 Å². The average molecular weight is 298 g/mol. The van der Waals surface area contributed by atoms with Gasteiger partial charge in [-0.25, -0.2) is 4.89 Å². The Morgan fingerprint density at radius 1 is 0.696 bits per heavy atom. The molecule has 0 aliphatic heterocycles. The minimum Gasteiger partial charge on any atom is -0.251 e. The zero-order valence-corrected chi connectivity index (χ0v) is 12.4. The molecule has 0 spiro atoms. The second kappa shape index (κ2) is 4.66. The summed E-state index contributed by atoms with van der Waals surface area (Å²) in [6.07, 6.45) is -0.435. The first kappa shape index (κ1) is 12.8. The van der Waals surface area contributed by atoms with E-state index in [1.165, 1.54) is 16.3 Å². The molecule has 0 heterocycles. The zero-order chi connectivity index (χ0) is 15.4. The average Bonchev–Trinajstić information content (AvgIpc) is 2.96. The van der Waals surface area contributed by atoms with Gasteiger partial charge in [0.25, 0.3) is 0 Å².